The van der Waals surface area contributed by atoms with Gasteiger partial charge < -0.3 is 9.84 Å². The van der Waals surface area contributed by atoms with E-state index in [1.165, 1.54) is 0 Å². The van der Waals surface area contributed by atoms with Crippen molar-refractivity contribution >= 4 is 22.9 Å². The summed E-state index contributed by atoms with van der Waals surface area (Å²) in [6, 6.07) is 10.0. The average molecular weight is 325 g/mol. The lowest BCUT2D eigenvalue weighted by atomic mass is 9.97. The van der Waals surface area contributed by atoms with E-state index in [0.29, 0.717) is 12.8 Å². The molecule has 1 amide bonds. The lowest BCUT2D eigenvalue weighted by Crippen LogP contribution is -2.45. The van der Waals surface area contributed by atoms with Crippen LogP contribution in [0, 0.1) is 0 Å². The van der Waals surface area contributed by atoms with E-state index in [9.17, 15) is 9.90 Å². The zero-order valence-corrected chi connectivity index (χ0v) is 13.1. The number of hydrogen-bond donors (Lipinski definition) is 1. The smallest absolute Gasteiger partial charge is 0.229 e. The number of ether oxygens (including phenoxy) is 1. The number of carbonyl (C=O) groups is 1. The summed E-state index contributed by atoms with van der Waals surface area (Å²) < 4.78 is 6.08. The Morgan fingerprint density at radius 1 is 1.35 bits per heavy atom. The second kappa shape index (κ2) is 4.54. The highest BCUT2D eigenvalue weighted by molar-refractivity contribution is 7.13. The van der Waals surface area contributed by atoms with Gasteiger partial charge >= 0.3 is 0 Å². The summed E-state index contributed by atoms with van der Waals surface area (Å²) in [7, 11) is 0. The van der Waals surface area contributed by atoms with Crippen molar-refractivity contribution in [2.45, 2.75) is 30.8 Å². The summed E-state index contributed by atoms with van der Waals surface area (Å²) in [6.07, 6.45) is 3.76. The number of aliphatic hydroxyl groups excluding tert-OH is 1. The van der Waals surface area contributed by atoms with Crippen molar-refractivity contribution in [3.05, 3.63) is 53.4 Å². The molecule has 4 heterocycles. The van der Waals surface area contributed by atoms with Crippen molar-refractivity contribution in [3.63, 3.8) is 0 Å². The summed E-state index contributed by atoms with van der Waals surface area (Å²) in [6.45, 7) is 0. The second-order valence-corrected chi connectivity index (χ2v) is 7.16. The molecule has 116 valence electrons. The van der Waals surface area contributed by atoms with Crippen molar-refractivity contribution < 1.29 is 14.6 Å². The molecule has 1 spiro atoms. The standard InChI is InChI=1S/C18H15NO3S/c20-16-6-8-18-7-5-14(22-18)17(21)12-10-11(15-2-1-9-23-15)3-4-13(12)19(16)18/h1-5,7,9-10,14,17,21H,6,8H2/t14-,17+,18-/m0/s1. The monoisotopic (exact) mass is 325 g/mol. The molecule has 1 aromatic heterocycles. The van der Waals surface area contributed by atoms with Gasteiger partial charge in [-0.2, -0.15) is 0 Å². The number of aliphatic hydroxyl groups is 1. The van der Waals surface area contributed by atoms with E-state index in [0.717, 1.165) is 21.7 Å². The molecule has 0 unspecified atom stereocenters. The molecule has 5 rings (SSSR count). The molecule has 1 saturated heterocycles. The molecule has 0 radical (unpaired) electrons. The minimum Gasteiger partial charge on any atom is -0.385 e. The Morgan fingerprint density at radius 3 is 3.09 bits per heavy atom. The Morgan fingerprint density at radius 2 is 2.26 bits per heavy atom. The van der Waals surface area contributed by atoms with Crippen LogP contribution in [-0.4, -0.2) is 22.8 Å². The SMILES string of the molecule is O=C1CC[C@]23C=C[C@H](O2)[C@H](O)c2cc(-c4cccs4)ccc2N13. The zero-order valence-electron chi connectivity index (χ0n) is 12.3. The number of nitrogens with zero attached hydrogens (tertiary/aromatic N) is 1. The van der Waals surface area contributed by atoms with E-state index in [1.54, 1.807) is 16.2 Å². The quantitative estimate of drug-likeness (QED) is 0.819. The number of rotatable bonds is 1. The summed E-state index contributed by atoms with van der Waals surface area (Å²) in [4.78, 5) is 15.3. The fourth-order valence-electron chi connectivity index (χ4n) is 3.83. The Hall–Kier alpha value is -1.95. The van der Waals surface area contributed by atoms with Crippen molar-refractivity contribution in [3.8, 4) is 10.4 Å². The molecule has 0 aliphatic carbocycles. The fourth-order valence-corrected chi connectivity index (χ4v) is 4.55. The predicted molar refractivity (Wildman–Crippen MR) is 88.2 cm³/mol. The van der Waals surface area contributed by atoms with Crippen LogP contribution in [-0.2, 0) is 9.53 Å². The van der Waals surface area contributed by atoms with Gasteiger partial charge in [-0.1, -0.05) is 18.2 Å². The number of thiophene rings is 1. The minimum absolute atomic E-state index is 0.0505. The van der Waals surface area contributed by atoms with Crippen LogP contribution >= 0.6 is 11.3 Å². The number of hydrogen-bond acceptors (Lipinski definition) is 4. The molecule has 23 heavy (non-hydrogen) atoms. The van der Waals surface area contributed by atoms with Gasteiger partial charge in [0, 0.05) is 23.3 Å². The van der Waals surface area contributed by atoms with Crippen molar-refractivity contribution in [1.82, 2.24) is 0 Å². The van der Waals surface area contributed by atoms with Gasteiger partial charge in [0.25, 0.3) is 0 Å². The summed E-state index contributed by atoms with van der Waals surface area (Å²) in [5, 5.41) is 12.8. The van der Waals surface area contributed by atoms with Crippen LogP contribution in [0.5, 0.6) is 0 Å². The first-order valence-corrected chi connectivity index (χ1v) is 8.62. The van der Waals surface area contributed by atoms with Gasteiger partial charge in [-0.05, 0) is 35.2 Å². The van der Waals surface area contributed by atoms with Gasteiger partial charge in [-0.3, -0.25) is 9.69 Å². The number of benzene rings is 1. The van der Waals surface area contributed by atoms with Crippen LogP contribution in [0.1, 0.15) is 24.5 Å². The highest BCUT2D eigenvalue weighted by atomic mass is 32.1. The first-order valence-electron chi connectivity index (χ1n) is 7.74. The van der Waals surface area contributed by atoms with Crippen LogP contribution in [0.25, 0.3) is 10.4 Å². The van der Waals surface area contributed by atoms with Gasteiger partial charge in [0.2, 0.25) is 5.91 Å². The van der Waals surface area contributed by atoms with E-state index in [1.807, 2.05) is 41.8 Å². The number of fused-ring (bicyclic) bond motifs is 3. The first kappa shape index (κ1) is 13.5. The molecule has 1 aromatic carbocycles. The van der Waals surface area contributed by atoms with Crippen LogP contribution in [0.4, 0.5) is 5.69 Å². The zero-order chi connectivity index (χ0) is 15.6. The van der Waals surface area contributed by atoms with Gasteiger partial charge in [0.1, 0.15) is 12.2 Å². The van der Waals surface area contributed by atoms with Gasteiger partial charge in [0.15, 0.2) is 5.72 Å². The Bertz CT molecular complexity index is 829. The number of anilines is 1. The van der Waals surface area contributed by atoms with Crippen LogP contribution in [0.2, 0.25) is 0 Å². The van der Waals surface area contributed by atoms with Crippen molar-refractivity contribution in [2.75, 3.05) is 4.90 Å². The van der Waals surface area contributed by atoms with Crippen LogP contribution < -0.4 is 4.90 Å². The van der Waals surface area contributed by atoms with Crippen LogP contribution in [0.3, 0.4) is 0 Å². The van der Waals surface area contributed by atoms with Gasteiger partial charge in [0.05, 0.1) is 5.69 Å². The third-order valence-corrected chi connectivity index (χ3v) is 5.83. The number of amides is 1. The summed E-state index contributed by atoms with van der Waals surface area (Å²) in [5.74, 6) is 0.0505. The van der Waals surface area contributed by atoms with E-state index in [-0.39, 0.29) is 5.91 Å². The number of carbonyl (C=O) groups excluding carboxylic acids is 1. The molecule has 0 saturated carbocycles. The Balaban J connectivity index is 1.72. The molecule has 3 aliphatic heterocycles. The normalized spacial score (nSPS) is 31.2. The maximum absolute atomic E-state index is 12.5. The van der Waals surface area contributed by atoms with E-state index in [4.69, 9.17) is 4.74 Å². The molecule has 3 aliphatic rings. The summed E-state index contributed by atoms with van der Waals surface area (Å²) >= 11 is 1.66. The topological polar surface area (TPSA) is 49.8 Å². The van der Waals surface area contributed by atoms with Gasteiger partial charge in [-0.15, -0.1) is 11.3 Å². The van der Waals surface area contributed by atoms with E-state index >= 15 is 0 Å². The second-order valence-electron chi connectivity index (χ2n) is 6.21. The molecule has 4 nitrogen and oxygen atoms in total. The molecule has 1 fully saturated rings. The maximum atomic E-state index is 12.5. The maximum Gasteiger partial charge on any atom is 0.229 e. The fraction of sp³-hybridized carbons (Fsp3) is 0.278. The molecule has 5 heteroatoms. The predicted octanol–water partition coefficient (Wildman–Crippen LogP) is 3.24. The van der Waals surface area contributed by atoms with Crippen molar-refractivity contribution in [2.24, 2.45) is 0 Å². The molecule has 1 N–H and O–H groups in total. The lowest BCUT2D eigenvalue weighted by molar-refractivity contribution is -0.119. The highest BCUT2D eigenvalue weighted by Crippen LogP contribution is 2.49. The molecular formula is C18H15NO3S. The van der Waals surface area contributed by atoms with E-state index in [2.05, 4.69) is 6.07 Å². The molecule has 2 bridgehead atoms. The molecular weight excluding hydrogens is 310 g/mol. The van der Waals surface area contributed by atoms with Gasteiger partial charge in [-0.25, -0.2) is 0 Å². The highest BCUT2D eigenvalue weighted by Gasteiger charge is 2.53. The first-order chi connectivity index (χ1) is 11.2. The van der Waals surface area contributed by atoms with E-state index < -0.39 is 17.9 Å². The van der Waals surface area contributed by atoms with Crippen LogP contribution in [0.15, 0.2) is 47.9 Å². The molecule has 3 atom stereocenters. The largest absolute Gasteiger partial charge is 0.385 e. The lowest BCUT2D eigenvalue weighted by Gasteiger charge is -2.32. The van der Waals surface area contributed by atoms with Crippen molar-refractivity contribution in [1.29, 1.82) is 0 Å². The minimum atomic E-state index is -0.765. The Labute approximate surface area is 137 Å². The third kappa shape index (κ3) is 1.75. The molecule has 2 aromatic rings. The Kier molecular flexibility index (Phi) is 2.66. The third-order valence-electron chi connectivity index (χ3n) is 4.92. The average Bonchev–Trinajstić information content (AvgIpc) is 3.27. The summed E-state index contributed by atoms with van der Waals surface area (Å²) in [5.41, 5.74) is 1.88.